The smallest absolute Gasteiger partial charge is 0.222 e. The number of guanidine groups is 1. The van der Waals surface area contributed by atoms with Gasteiger partial charge >= 0.3 is 0 Å². The third-order valence-corrected chi connectivity index (χ3v) is 5.27. The second-order valence-electron chi connectivity index (χ2n) is 7.51. The Balaban J connectivity index is 1.39. The van der Waals surface area contributed by atoms with Crippen LogP contribution in [0.4, 0.5) is 0 Å². The minimum atomic E-state index is 0.309. The molecule has 1 saturated heterocycles. The molecule has 0 spiro atoms. The molecule has 0 unspecified atom stereocenters. The summed E-state index contributed by atoms with van der Waals surface area (Å²) in [7, 11) is 0. The Kier molecular flexibility index (Phi) is 8.34. The number of para-hydroxylation sites is 2. The van der Waals surface area contributed by atoms with E-state index in [1.54, 1.807) is 0 Å². The molecule has 0 radical (unpaired) electrons. The molecule has 0 aliphatic carbocycles. The molecular formula is C22H34N6O. The largest absolute Gasteiger partial charge is 0.357 e. The van der Waals surface area contributed by atoms with Crippen molar-refractivity contribution in [3.63, 3.8) is 0 Å². The van der Waals surface area contributed by atoms with Crippen molar-refractivity contribution in [1.82, 2.24) is 25.1 Å². The van der Waals surface area contributed by atoms with Crippen LogP contribution in [0.2, 0.25) is 0 Å². The normalized spacial score (nSPS) is 15.6. The molecular weight excluding hydrogens is 364 g/mol. The number of hydrogen-bond donors (Lipinski definition) is 2. The Labute approximate surface area is 173 Å². The van der Waals surface area contributed by atoms with E-state index in [-0.39, 0.29) is 0 Å². The number of aryl methyl sites for hydroxylation is 1. The Bertz CT molecular complexity index is 799. The maximum absolute atomic E-state index is 12.1. The fraction of sp³-hybridized carbons (Fsp3) is 0.591. The fourth-order valence-electron chi connectivity index (χ4n) is 3.71. The molecule has 1 fully saturated rings. The van der Waals surface area contributed by atoms with Crippen molar-refractivity contribution >= 4 is 22.9 Å². The molecule has 7 heteroatoms. The number of imidazole rings is 1. The lowest BCUT2D eigenvalue weighted by molar-refractivity contribution is -0.130. The SMILES string of the molecule is CCNC(=NCCCN1CCCCCC1=O)NCCCn1cnc2ccccc21. The van der Waals surface area contributed by atoms with E-state index >= 15 is 0 Å². The van der Waals surface area contributed by atoms with Crippen LogP contribution in [0, 0.1) is 0 Å². The van der Waals surface area contributed by atoms with Crippen LogP contribution in [0.3, 0.4) is 0 Å². The van der Waals surface area contributed by atoms with E-state index in [0.717, 1.165) is 76.4 Å². The third-order valence-electron chi connectivity index (χ3n) is 5.27. The highest BCUT2D eigenvalue weighted by Gasteiger charge is 2.15. The summed E-state index contributed by atoms with van der Waals surface area (Å²) in [5, 5.41) is 6.72. The highest BCUT2D eigenvalue weighted by molar-refractivity contribution is 5.79. The molecule has 7 nitrogen and oxygen atoms in total. The van der Waals surface area contributed by atoms with Crippen LogP contribution < -0.4 is 10.6 Å². The van der Waals surface area contributed by atoms with Crippen LogP contribution in [-0.2, 0) is 11.3 Å². The third kappa shape index (κ3) is 6.48. The van der Waals surface area contributed by atoms with Gasteiger partial charge in [-0.3, -0.25) is 9.79 Å². The highest BCUT2D eigenvalue weighted by atomic mass is 16.2. The number of hydrogen-bond acceptors (Lipinski definition) is 3. The maximum atomic E-state index is 12.1. The number of carbonyl (C=O) groups excluding carboxylic acids is 1. The first kappa shape index (κ1) is 21.1. The Hall–Kier alpha value is -2.57. The molecule has 1 aliphatic heterocycles. The Morgan fingerprint density at radius 3 is 2.93 bits per heavy atom. The predicted molar refractivity (Wildman–Crippen MR) is 118 cm³/mol. The lowest BCUT2D eigenvalue weighted by Gasteiger charge is -2.20. The van der Waals surface area contributed by atoms with Gasteiger partial charge in [-0.05, 0) is 44.7 Å². The van der Waals surface area contributed by atoms with E-state index < -0.39 is 0 Å². The summed E-state index contributed by atoms with van der Waals surface area (Å²) in [6, 6.07) is 8.21. The van der Waals surface area contributed by atoms with Gasteiger partial charge in [-0.25, -0.2) is 4.98 Å². The van der Waals surface area contributed by atoms with Crippen molar-refractivity contribution in [1.29, 1.82) is 0 Å². The van der Waals surface area contributed by atoms with Crippen molar-refractivity contribution in [3.8, 4) is 0 Å². The molecule has 0 atom stereocenters. The topological polar surface area (TPSA) is 74.6 Å². The van der Waals surface area contributed by atoms with Gasteiger partial charge in [0.15, 0.2) is 5.96 Å². The summed E-state index contributed by atoms with van der Waals surface area (Å²) in [6.07, 6.45) is 7.86. The van der Waals surface area contributed by atoms with Crippen LogP contribution in [0.25, 0.3) is 11.0 Å². The number of nitrogens with one attached hydrogen (secondary N) is 2. The number of carbonyl (C=O) groups is 1. The van der Waals surface area contributed by atoms with Crippen molar-refractivity contribution in [3.05, 3.63) is 30.6 Å². The van der Waals surface area contributed by atoms with E-state index in [9.17, 15) is 4.79 Å². The van der Waals surface area contributed by atoms with Gasteiger partial charge in [-0.1, -0.05) is 18.6 Å². The number of aliphatic imine (C=N–C) groups is 1. The Morgan fingerprint density at radius 1 is 1.14 bits per heavy atom. The van der Waals surface area contributed by atoms with Gasteiger partial charge < -0.3 is 20.1 Å². The average molecular weight is 399 g/mol. The minimum Gasteiger partial charge on any atom is -0.357 e. The summed E-state index contributed by atoms with van der Waals surface area (Å²) < 4.78 is 2.19. The summed E-state index contributed by atoms with van der Waals surface area (Å²) >= 11 is 0. The molecule has 1 aromatic heterocycles. The fourth-order valence-corrected chi connectivity index (χ4v) is 3.71. The lowest BCUT2D eigenvalue weighted by Crippen LogP contribution is -2.38. The molecule has 2 N–H and O–H groups in total. The number of likely N-dealkylation sites (tertiary alicyclic amines) is 1. The Morgan fingerprint density at radius 2 is 2.03 bits per heavy atom. The van der Waals surface area contributed by atoms with E-state index in [1.807, 2.05) is 29.4 Å². The number of nitrogens with zero attached hydrogens (tertiary/aromatic N) is 4. The lowest BCUT2D eigenvalue weighted by atomic mass is 10.2. The van der Waals surface area contributed by atoms with Crippen LogP contribution in [-0.4, -0.2) is 59.0 Å². The van der Waals surface area contributed by atoms with Gasteiger partial charge in [-0.15, -0.1) is 0 Å². The van der Waals surface area contributed by atoms with Crippen molar-refractivity contribution < 1.29 is 4.79 Å². The summed E-state index contributed by atoms with van der Waals surface area (Å²) in [6.45, 7) is 7.13. The molecule has 2 heterocycles. The molecule has 1 amide bonds. The number of fused-ring (bicyclic) bond motifs is 1. The standard InChI is InChI=1S/C22H34N6O/c1-2-23-22(24-13-8-16-27-15-7-3-4-12-21(27)29)25-14-9-17-28-18-26-19-10-5-6-11-20(19)28/h5-6,10-11,18H,2-4,7-9,12-17H2,1H3,(H2,23,24,25). The number of rotatable bonds is 9. The number of benzene rings is 1. The van der Waals surface area contributed by atoms with Crippen LogP contribution in [0.1, 0.15) is 45.4 Å². The summed E-state index contributed by atoms with van der Waals surface area (Å²) in [5.41, 5.74) is 2.22. The summed E-state index contributed by atoms with van der Waals surface area (Å²) in [4.78, 5) is 23.2. The van der Waals surface area contributed by atoms with E-state index in [1.165, 1.54) is 11.9 Å². The van der Waals surface area contributed by atoms with Gasteiger partial charge in [0, 0.05) is 45.7 Å². The molecule has 2 aromatic rings. The van der Waals surface area contributed by atoms with Crippen molar-refractivity contribution in [2.45, 2.75) is 52.0 Å². The number of aromatic nitrogens is 2. The second kappa shape index (κ2) is 11.4. The van der Waals surface area contributed by atoms with Crippen molar-refractivity contribution in [2.24, 2.45) is 4.99 Å². The second-order valence-corrected chi connectivity index (χ2v) is 7.51. The number of amides is 1. The molecule has 3 rings (SSSR count). The van der Waals surface area contributed by atoms with Gasteiger partial charge in [-0.2, -0.15) is 0 Å². The molecule has 0 saturated carbocycles. The van der Waals surface area contributed by atoms with Gasteiger partial charge in [0.2, 0.25) is 5.91 Å². The predicted octanol–water partition coefficient (Wildman–Crippen LogP) is 2.77. The van der Waals surface area contributed by atoms with Gasteiger partial charge in [0.1, 0.15) is 0 Å². The first-order valence-corrected chi connectivity index (χ1v) is 11.0. The zero-order valence-electron chi connectivity index (χ0n) is 17.6. The first-order valence-electron chi connectivity index (χ1n) is 11.0. The van der Waals surface area contributed by atoms with Gasteiger partial charge in [0.25, 0.3) is 0 Å². The summed E-state index contributed by atoms with van der Waals surface area (Å²) in [5.74, 6) is 1.16. The van der Waals surface area contributed by atoms with Crippen LogP contribution >= 0.6 is 0 Å². The minimum absolute atomic E-state index is 0.309. The monoisotopic (exact) mass is 398 g/mol. The molecule has 0 bridgehead atoms. The average Bonchev–Trinajstić information content (AvgIpc) is 3.03. The molecule has 158 valence electrons. The first-order chi connectivity index (χ1) is 14.3. The van der Waals surface area contributed by atoms with E-state index in [0.29, 0.717) is 12.3 Å². The van der Waals surface area contributed by atoms with Crippen LogP contribution in [0.5, 0.6) is 0 Å². The molecule has 1 aromatic carbocycles. The van der Waals surface area contributed by atoms with Crippen LogP contribution in [0.15, 0.2) is 35.6 Å². The van der Waals surface area contributed by atoms with E-state index in [2.05, 4.69) is 38.2 Å². The quantitative estimate of drug-likeness (QED) is 0.387. The zero-order valence-corrected chi connectivity index (χ0v) is 17.6. The highest BCUT2D eigenvalue weighted by Crippen LogP contribution is 2.12. The maximum Gasteiger partial charge on any atom is 0.222 e. The molecule has 1 aliphatic rings. The van der Waals surface area contributed by atoms with Crippen molar-refractivity contribution in [2.75, 3.05) is 32.7 Å². The van der Waals surface area contributed by atoms with Gasteiger partial charge in [0.05, 0.1) is 17.4 Å². The van der Waals surface area contributed by atoms with E-state index in [4.69, 9.17) is 0 Å². The molecule has 29 heavy (non-hydrogen) atoms. The zero-order chi connectivity index (χ0) is 20.3.